The first-order chi connectivity index (χ1) is 6.60. The van der Waals surface area contributed by atoms with Gasteiger partial charge in [-0.3, -0.25) is 0 Å². The van der Waals surface area contributed by atoms with Crippen molar-refractivity contribution in [1.82, 2.24) is 9.71 Å². The number of aromatic nitrogens is 1. The fraction of sp³-hybridized carbons (Fsp3) is 0.286. The van der Waals surface area contributed by atoms with Crippen molar-refractivity contribution in [3.8, 4) is 0 Å². The fourth-order valence-corrected chi connectivity index (χ4v) is 1.88. The van der Waals surface area contributed by atoms with Crippen LogP contribution in [0.3, 0.4) is 0 Å². The van der Waals surface area contributed by atoms with Crippen molar-refractivity contribution in [2.24, 2.45) is 5.84 Å². The third kappa shape index (κ3) is 2.41. The number of nitrogens with one attached hydrogen (secondary N) is 2. The van der Waals surface area contributed by atoms with Gasteiger partial charge in [-0.05, 0) is 12.1 Å². The monoisotopic (exact) mass is 216 g/mol. The molecule has 0 fully saturated rings. The smallest absolute Gasteiger partial charge is 0.242 e. The maximum absolute atomic E-state index is 11.4. The Morgan fingerprint density at radius 3 is 2.64 bits per heavy atom. The first-order valence-corrected chi connectivity index (χ1v) is 5.51. The number of hydrogen-bond acceptors (Lipinski definition) is 5. The fourth-order valence-electron chi connectivity index (χ4n) is 0.898. The van der Waals surface area contributed by atoms with Crippen LogP contribution in [0.1, 0.15) is 6.92 Å². The summed E-state index contributed by atoms with van der Waals surface area (Å²) in [6, 6.07) is 2.92. The molecule has 1 aromatic rings. The third-order valence-electron chi connectivity index (χ3n) is 1.53. The molecular formula is C7H12N4O2S. The zero-order valence-corrected chi connectivity index (χ0v) is 8.50. The topological polar surface area (TPSA) is 97.1 Å². The van der Waals surface area contributed by atoms with Crippen LogP contribution in [0.4, 0.5) is 5.82 Å². The second-order valence-electron chi connectivity index (χ2n) is 2.52. The molecule has 0 aliphatic heterocycles. The minimum absolute atomic E-state index is 0.123. The van der Waals surface area contributed by atoms with Gasteiger partial charge in [-0.15, -0.1) is 0 Å². The third-order valence-corrected chi connectivity index (χ3v) is 3.06. The van der Waals surface area contributed by atoms with Crippen molar-refractivity contribution in [3.63, 3.8) is 0 Å². The Bertz CT molecular complexity index is 387. The molecule has 4 N–H and O–H groups in total. The number of pyridine rings is 1. The van der Waals surface area contributed by atoms with Gasteiger partial charge in [0.1, 0.15) is 10.7 Å². The Morgan fingerprint density at radius 1 is 1.50 bits per heavy atom. The number of nitrogens with zero attached hydrogens (tertiary/aromatic N) is 1. The Morgan fingerprint density at radius 2 is 2.21 bits per heavy atom. The highest BCUT2D eigenvalue weighted by molar-refractivity contribution is 7.89. The summed E-state index contributed by atoms with van der Waals surface area (Å²) < 4.78 is 25.2. The number of rotatable bonds is 4. The standard InChI is InChI=1S/C7H12N4O2S/c1-2-10-14(12,13)6-3-4-7(11-8)9-5-6/h3-5,10H,2,8H2,1H3,(H,9,11). The molecule has 78 valence electrons. The lowest BCUT2D eigenvalue weighted by Gasteiger charge is -2.04. The molecule has 14 heavy (non-hydrogen) atoms. The average Bonchev–Trinajstić information content (AvgIpc) is 2.18. The lowest BCUT2D eigenvalue weighted by Crippen LogP contribution is -2.23. The van der Waals surface area contributed by atoms with E-state index in [0.29, 0.717) is 12.4 Å². The molecule has 0 bridgehead atoms. The molecule has 0 spiro atoms. The van der Waals surface area contributed by atoms with Gasteiger partial charge < -0.3 is 5.43 Å². The molecule has 7 heteroatoms. The molecule has 0 aliphatic rings. The minimum Gasteiger partial charge on any atom is -0.308 e. The number of nitrogen functional groups attached to an aromatic ring is 1. The SMILES string of the molecule is CCNS(=O)(=O)c1ccc(NN)nc1. The summed E-state index contributed by atoms with van der Waals surface area (Å²) in [6.45, 7) is 2.06. The zero-order chi connectivity index (χ0) is 10.6. The molecule has 1 rings (SSSR count). The summed E-state index contributed by atoms with van der Waals surface area (Å²) in [6.07, 6.45) is 1.24. The van der Waals surface area contributed by atoms with Gasteiger partial charge >= 0.3 is 0 Å². The van der Waals surface area contributed by atoms with Crippen LogP contribution in [0.2, 0.25) is 0 Å². The molecule has 1 heterocycles. The van der Waals surface area contributed by atoms with Crippen molar-refractivity contribution in [1.29, 1.82) is 0 Å². The Balaban J connectivity index is 2.97. The first kappa shape index (κ1) is 10.9. The number of nitrogens with two attached hydrogens (primary N) is 1. The van der Waals surface area contributed by atoms with Gasteiger partial charge in [0.05, 0.1) is 0 Å². The quantitative estimate of drug-likeness (QED) is 0.473. The molecule has 0 atom stereocenters. The maximum atomic E-state index is 11.4. The highest BCUT2D eigenvalue weighted by Gasteiger charge is 2.12. The molecule has 0 amide bonds. The Labute approximate surface area is 82.6 Å². The van der Waals surface area contributed by atoms with Gasteiger partial charge in [0.15, 0.2) is 0 Å². The van der Waals surface area contributed by atoms with E-state index in [0.717, 1.165) is 0 Å². The molecule has 0 aliphatic carbocycles. The van der Waals surface area contributed by atoms with E-state index in [9.17, 15) is 8.42 Å². The summed E-state index contributed by atoms with van der Waals surface area (Å²) in [5.74, 6) is 5.51. The van der Waals surface area contributed by atoms with Crippen molar-refractivity contribution in [2.75, 3.05) is 12.0 Å². The van der Waals surface area contributed by atoms with Gasteiger partial charge in [0.2, 0.25) is 10.0 Å². The van der Waals surface area contributed by atoms with Crippen LogP contribution in [0.25, 0.3) is 0 Å². The van der Waals surface area contributed by atoms with Crippen LogP contribution in [-0.4, -0.2) is 19.9 Å². The molecule has 0 saturated heterocycles. The van der Waals surface area contributed by atoms with Crippen LogP contribution < -0.4 is 16.0 Å². The molecule has 0 saturated carbocycles. The number of sulfonamides is 1. The van der Waals surface area contributed by atoms with E-state index in [-0.39, 0.29) is 4.90 Å². The summed E-state index contributed by atoms with van der Waals surface area (Å²) in [5, 5.41) is 0. The summed E-state index contributed by atoms with van der Waals surface area (Å²) in [4.78, 5) is 3.91. The Kier molecular flexibility index (Phi) is 3.39. The molecule has 6 nitrogen and oxygen atoms in total. The molecule has 1 aromatic heterocycles. The second kappa shape index (κ2) is 4.36. The molecule has 0 aromatic carbocycles. The predicted molar refractivity (Wildman–Crippen MR) is 52.9 cm³/mol. The number of anilines is 1. The first-order valence-electron chi connectivity index (χ1n) is 4.02. The molecule has 0 radical (unpaired) electrons. The largest absolute Gasteiger partial charge is 0.308 e. The van der Waals surface area contributed by atoms with Gasteiger partial charge in [-0.25, -0.2) is 24.0 Å². The van der Waals surface area contributed by atoms with Gasteiger partial charge in [0.25, 0.3) is 0 Å². The lowest BCUT2D eigenvalue weighted by molar-refractivity contribution is 0.583. The summed E-state index contributed by atoms with van der Waals surface area (Å²) >= 11 is 0. The highest BCUT2D eigenvalue weighted by atomic mass is 32.2. The predicted octanol–water partition coefficient (Wildman–Crippen LogP) is -0.335. The van der Waals surface area contributed by atoms with E-state index in [2.05, 4.69) is 15.1 Å². The van der Waals surface area contributed by atoms with Crippen LogP contribution in [-0.2, 0) is 10.0 Å². The van der Waals surface area contributed by atoms with E-state index >= 15 is 0 Å². The maximum Gasteiger partial charge on any atom is 0.242 e. The van der Waals surface area contributed by atoms with Crippen LogP contribution in [0, 0.1) is 0 Å². The van der Waals surface area contributed by atoms with Gasteiger partial charge in [-0.2, -0.15) is 0 Å². The number of hydrazine groups is 1. The van der Waals surface area contributed by atoms with Gasteiger partial charge in [-0.1, -0.05) is 6.92 Å². The average molecular weight is 216 g/mol. The zero-order valence-electron chi connectivity index (χ0n) is 7.69. The second-order valence-corrected chi connectivity index (χ2v) is 4.29. The van der Waals surface area contributed by atoms with Crippen molar-refractivity contribution in [2.45, 2.75) is 11.8 Å². The van der Waals surface area contributed by atoms with Gasteiger partial charge in [0, 0.05) is 12.7 Å². The van der Waals surface area contributed by atoms with E-state index < -0.39 is 10.0 Å². The molecular weight excluding hydrogens is 204 g/mol. The van der Waals surface area contributed by atoms with Crippen molar-refractivity contribution in [3.05, 3.63) is 18.3 Å². The normalized spacial score (nSPS) is 11.3. The summed E-state index contributed by atoms with van der Waals surface area (Å²) in [7, 11) is -3.42. The van der Waals surface area contributed by atoms with Crippen LogP contribution in [0.15, 0.2) is 23.2 Å². The van der Waals surface area contributed by atoms with Crippen molar-refractivity contribution < 1.29 is 8.42 Å². The Hall–Kier alpha value is -1.18. The van der Waals surface area contributed by atoms with Crippen LogP contribution in [0.5, 0.6) is 0 Å². The van der Waals surface area contributed by atoms with E-state index in [1.54, 1.807) is 6.92 Å². The van der Waals surface area contributed by atoms with E-state index in [4.69, 9.17) is 5.84 Å². The lowest BCUT2D eigenvalue weighted by atomic mass is 10.5. The van der Waals surface area contributed by atoms with E-state index in [1.165, 1.54) is 18.3 Å². The van der Waals surface area contributed by atoms with Crippen LogP contribution >= 0.6 is 0 Å². The number of hydrogen-bond donors (Lipinski definition) is 3. The molecule has 0 unspecified atom stereocenters. The minimum atomic E-state index is -3.42. The highest BCUT2D eigenvalue weighted by Crippen LogP contribution is 2.09. The van der Waals surface area contributed by atoms with E-state index in [1.807, 2.05) is 0 Å². The summed E-state index contributed by atoms with van der Waals surface area (Å²) in [5.41, 5.74) is 2.31. The van der Waals surface area contributed by atoms with Crippen molar-refractivity contribution >= 4 is 15.8 Å².